The molecule has 0 radical (unpaired) electrons. The van der Waals surface area contributed by atoms with Gasteiger partial charge in [-0.2, -0.15) is 0 Å². The van der Waals surface area contributed by atoms with Gasteiger partial charge in [-0.05, 0) is 18.8 Å². The van der Waals surface area contributed by atoms with Crippen molar-refractivity contribution in [3.63, 3.8) is 0 Å². The summed E-state index contributed by atoms with van der Waals surface area (Å²) in [6, 6.07) is 2.34. The third kappa shape index (κ3) is 3.85. The second-order valence-corrected chi connectivity index (χ2v) is 5.75. The zero-order chi connectivity index (χ0) is 15.6. The number of nitro benzene ring substituents is 1. The average molecular weight is 313 g/mol. The predicted molar refractivity (Wildman–Crippen MR) is 80.1 cm³/mol. The summed E-state index contributed by atoms with van der Waals surface area (Å²) >= 11 is 6.05. The van der Waals surface area contributed by atoms with E-state index in [0.29, 0.717) is 5.92 Å². The van der Waals surface area contributed by atoms with Gasteiger partial charge < -0.3 is 10.4 Å². The predicted octanol–water partition coefficient (Wildman–Crippen LogP) is 3.94. The summed E-state index contributed by atoms with van der Waals surface area (Å²) in [6.45, 7) is 2.01. The van der Waals surface area contributed by atoms with Crippen molar-refractivity contribution in [1.29, 1.82) is 0 Å². The summed E-state index contributed by atoms with van der Waals surface area (Å²) in [6.07, 6.45) is 4.21. The van der Waals surface area contributed by atoms with Gasteiger partial charge >= 0.3 is 5.97 Å². The number of halogens is 1. The molecule has 0 heterocycles. The van der Waals surface area contributed by atoms with E-state index in [4.69, 9.17) is 11.6 Å². The number of hydrogen-bond donors (Lipinski definition) is 2. The van der Waals surface area contributed by atoms with Crippen LogP contribution in [0.1, 0.15) is 43.0 Å². The molecule has 1 atom stereocenters. The molecule has 1 saturated carbocycles. The molecular weight excluding hydrogens is 296 g/mol. The van der Waals surface area contributed by atoms with Crippen LogP contribution in [0.25, 0.3) is 0 Å². The van der Waals surface area contributed by atoms with Crippen molar-refractivity contribution in [3.05, 3.63) is 32.8 Å². The zero-order valence-electron chi connectivity index (χ0n) is 11.6. The van der Waals surface area contributed by atoms with Gasteiger partial charge in [-0.15, -0.1) is 0 Å². The fraction of sp³-hybridized carbons (Fsp3) is 0.500. The number of carboxylic acid groups (broad SMARTS) is 1. The quantitative estimate of drug-likeness (QED) is 0.587. The zero-order valence-corrected chi connectivity index (χ0v) is 12.4. The van der Waals surface area contributed by atoms with Crippen LogP contribution in [0.3, 0.4) is 0 Å². The molecule has 1 aliphatic carbocycles. The van der Waals surface area contributed by atoms with E-state index in [0.717, 1.165) is 18.9 Å². The van der Waals surface area contributed by atoms with Gasteiger partial charge in [0.05, 0.1) is 21.2 Å². The van der Waals surface area contributed by atoms with Crippen molar-refractivity contribution >= 4 is 28.9 Å². The first-order valence-corrected chi connectivity index (χ1v) is 7.28. The van der Waals surface area contributed by atoms with E-state index >= 15 is 0 Å². The van der Waals surface area contributed by atoms with Crippen molar-refractivity contribution in [2.75, 3.05) is 5.32 Å². The van der Waals surface area contributed by atoms with E-state index in [2.05, 4.69) is 5.32 Å². The molecule has 0 saturated heterocycles. The van der Waals surface area contributed by atoms with Crippen molar-refractivity contribution in [2.24, 2.45) is 5.92 Å². The van der Waals surface area contributed by atoms with Gasteiger partial charge in [-0.3, -0.25) is 10.1 Å². The average Bonchev–Trinajstić information content (AvgIpc) is 3.22. The van der Waals surface area contributed by atoms with Crippen LogP contribution in [0.2, 0.25) is 5.02 Å². The fourth-order valence-corrected chi connectivity index (χ4v) is 2.57. The molecule has 7 heteroatoms. The van der Waals surface area contributed by atoms with Crippen molar-refractivity contribution in [3.8, 4) is 0 Å². The summed E-state index contributed by atoms with van der Waals surface area (Å²) in [4.78, 5) is 21.5. The second-order valence-electron chi connectivity index (χ2n) is 5.34. The summed E-state index contributed by atoms with van der Waals surface area (Å²) in [7, 11) is 0. The third-order valence-electron chi connectivity index (χ3n) is 3.67. The minimum atomic E-state index is -1.23. The van der Waals surface area contributed by atoms with Crippen LogP contribution < -0.4 is 5.32 Å². The first-order chi connectivity index (χ1) is 9.92. The number of carbonyl (C=O) groups is 1. The number of hydrogen-bond acceptors (Lipinski definition) is 4. The van der Waals surface area contributed by atoms with Crippen LogP contribution in [0.15, 0.2) is 12.1 Å². The highest BCUT2D eigenvalue weighted by molar-refractivity contribution is 6.34. The summed E-state index contributed by atoms with van der Waals surface area (Å²) in [5, 5.41) is 23.3. The van der Waals surface area contributed by atoms with Crippen LogP contribution in [0.5, 0.6) is 0 Å². The number of nitrogens with one attached hydrogen (secondary N) is 1. The Kier molecular flexibility index (Phi) is 4.67. The van der Waals surface area contributed by atoms with E-state index in [1.165, 1.54) is 18.9 Å². The van der Waals surface area contributed by atoms with Gasteiger partial charge in [-0.25, -0.2) is 4.79 Å². The summed E-state index contributed by atoms with van der Waals surface area (Å²) in [5.74, 6) is -0.545. The maximum absolute atomic E-state index is 11.3. The lowest BCUT2D eigenvalue weighted by atomic mass is 10.1. The molecule has 1 aliphatic rings. The first kappa shape index (κ1) is 15.6. The number of rotatable bonds is 7. The maximum atomic E-state index is 11.3. The molecular formula is C14H17ClN2O4. The number of nitro groups is 1. The molecule has 0 aromatic heterocycles. The molecule has 0 amide bonds. The van der Waals surface area contributed by atoms with Gasteiger partial charge in [0.2, 0.25) is 0 Å². The van der Waals surface area contributed by atoms with E-state index in [-0.39, 0.29) is 28.0 Å². The number of benzene rings is 1. The maximum Gasteiger partial charge on any atom is 0.338 e. The molecule has 2 rings (SSSR count). The topological polar surface area (TPSA) is 92.5 Å². The SMILES string of the molecule is CCC(CC1CC1)Nc1c(Cl)cc([N+](=O)[O-])cc1C(=O)O. The highest BCUT2D eigenvalue weighted by Crippen LogP contribution is 2.37. The Morgan fingerprint density at radius 1 is 1.57 bits per heavy atom. The molecule has 1 unspecified atom stereocenters. The number of aromatic carboxylic acids is 1. The Labute approximate surface area is 127 Å². The van der Waals surface area contributed by atoms with Crippen molar-refractivity contribution in [2.45, 2.75) is 38.6 Å². The number of nitrogens with zero attached hydrogens (tertiary/aromatic N) is 1. The standard InChI is InChI=1S/C14H17ClN2O4/c1-2-9(5-8-3-4-8)16-13-11(14(18)19)6-10(17(20)21)7-12(13)15/h6-9,16H,2-5H2,1H3,(H,18,19). The van der Waals surface area contributed by atoms with Crippen LogP contribution >= 0.6 is 11.6 Å². The molecule has 2 N–H and O–H groups in total. The van der Waals surface area contributed by atoms with Gasteiger partial charge in [0.25, 0.3) is 5.69 Å². The van der Waals surface area contributed by atoms with Crippen molar-refractivity contribution < 1.29 is 14.8 Å². The van der Waals surface area contributed by atoms with Crippen LogP contribution in [0, 0.1) is 16.0 Å². The molecule has 0 aliphatic heterocycles. The Morgan fingerprint density at radius 3 is 2.71 bits per heavy atom. The normalized spacial score (nSPS) is 15.5. The highest BCUT2D eigenvalue weighted by Gasteiger charge is 2.27. The molecule has 114 valence electrons. The fourth-order valence-electron chi connectivity index (χ4n) is 2.30. The molecule has 21 heavy (non-hydrogen) atoms. The summed E-state index contributed by atoms with van der Waals surface area (Å²) in [5.41, 5.74) is -0.219. The minimum Gasteiger partial charge on any atom is -0.478 e. The first-order valence-electron chi connectivity index (χ1n) is 6.90. The van der Waals surface area contributed by atoms with E-state index in [9.17, 15) is 20.0 Å². The Morgan fingerprint density at radius 2 is 2.24 bits per heavy atom. The van der Waals surface area contributed by atoms with Gasteiger partial charge in [0.1, 0.15) is 0 Å². The summed E-state index contributed by atoms with van der Waals surface area (Å²) < 4.78 is 0. The molecule has 0 spiro atoms. The number of non-ortho nitro benzene ring substituents is 1. The lowest BCUT2D eigenvalue weighted by molar-refractivity contribution is -0.384. The Hall–Kier alpha value is -1.82. The Bertz CT molecular complexity index is 572. The van der Waals surface area contributed by atoms with E-state index < -0.39 is 10.9 Å². The van der Waals surface area contributed by atoms with E-state index in [1.807, 2.05) is 6.92 Å². The van der Waals surface area contributed by atoms with Crippen LogP contribution in [-0.4, -0.2) is 22.0 Å². The van der Waals surface area contributed by atoms with Gasteiger partial charge in [0.15, 0.2) is 0 Å². The van der Waals surface area contributed by atoms with Gasteiger partial charge in [0, 0.05) is 18.2 Å². The molecule has 1 aromatic carbocycles. The Balaban J connectivity index is 2.31. The van der Waals surface area contributed by atoms with E-state index in [1.54, 1.807) is 0 Å². The molecule has 1 fully saturated rings. The smallest absolute Gasteiger partial charge is 0.338 e. The van der Waals surface area contributed by atoms with Gasteiger partial charge in [-0.1, -0.05) is 31.4 Å². The van der Waals surface area contributed by atoms with Crippen LogP contribution in [-0.2, 0) is 0 Å². The largest absolute Gasteiger partial charge is 0.478 e. The molecule has 0 bridgehead atoms. The highest BCUT2D eigenvalue weighted by atomic mass is 35.5. The van der Waals surface area contributed by atoms with Crippen molar-refractivity contribution in [1.82, 2.24) is 0 Å². The molecule has 6 nitrogen and oxygen atoms in total. The number of anilines is 1. The lowest BCUT2D eigenvalue weighted by Gasteiger charge is -2.20. The monoisotopic (exact) mass is 312 g/mol. The molecule has 1 aromatic rings. The third-order valence-corrected chi connectivity index (χ3v) is 3.97. The number of carboxylic acids is 1. The van der Waals surface area contributed by atoms with Crippen LogP contribution in [0.4, 0.5) is 11.4 Å². The minimum absolute atomic E-state index is 0.0656. The second kappa shape index (κ2) is 6.30. The lowest BCUT2D eigenvalue weighted by Crippen LogP contribution is -2.21.